The van der Waals surface area contributed by atoms with Crippen LogP contribution in [0.3, 0.4) is 0 Å². The molecule has 10 heteroatoms. The van der Waals surface area contributed by atoms with Crippen LogP contribution in [0.5, 0.6) is 5.88 Å². The van der Waals surface area contributed by atoms with E-state index in [4.69, 9.17) is 21.1 Å². The largest absolute Gasteiger partial charge is 0.475 e. The van der Waals surface area contributed by atoms with Gasteiger partial charge < -0.3 is 14.4 Å². The Labute approximate surface area is 194 Å². The lowest BCUT2D eigenvalue weighted by Gasteiger charge is -2.28. The van der Waals surface area contributed by atoms with Crippen molar-refractivity contribution in [3.8, 4) is 5.88 Å². The molecule has 1 unspecified atom stereocenters. The Morgan fingerprint density at radius 3 is 2.62 bits per heavy atom. The van der Waals surface area contributed by atoms with Gasteiger partial charge in [-0.1, -0.05) is 17.7 Å². The van der Waals surface area contributed by atoms with Crippen LogP contribution in [-0.4, -0.2) is 66.6 Å². The lowest BCUT2D eigenvalue weighted by atomic mass is 10.1. The average molecular weight is 484 g/mol. The first-order chi connectivity index (χ1) is 14.8. The van der Waals surface area contributed by atoms with Crippen molar-refractivity contribution >= 4 is 38.5 Å². The van der Waals surface area contributed by atoms with Crippen LogP contribution in [0, 0.1) is 0 Å². The number of fused-ring (bicyclic) bond motifs is 1. The fourth-order valence-electron chi connectivity index (χ4n) is 3.60. The van der Waals surface area contributed by atoms with Crippen molar-refractivity contribution in [2.24, 2.45) is 0 Å². The summed E-state index contributed by atoms with van der Waals surface area (Å²) in [5.74, 6) is 0.334. The Bertz CT molecular complexity index is 1110. The molecule has 0 N–H and O–H groups in total. The maximum atomic E-state index is 13.6. The number of ether oxygens (including phenoxy) is 2. The van der Waals surface area contributed by atoms with E-state index in [-0.39, 0.29) is 35.2 Å². The maximum Gasteiger partial charge on any atom is 0.410 e. The highest BCUT2D eigenvalue weighted by Crippen LogP contribution is 2.36. The molecule has 0 spiro atoms. The zero-order valence-corrected chi connectivity index (χ0v) is 20.8. The summed E-state index contributed by atoms with van der Waals surface area (Å²) in [4.78, 5) is 18.2. The summed E-state index contributed by atoms with van der Waals surface area (Å²) in [6.45, 7) is 9.57. The topological polar surface area (TPSA) is 89.0 Å². The zero-order chi connectivity index (χ0) is 23.8. The number of carbonyl (C=O) groups excluding carboxylic acids is 1. The van der Waals surface area contributed by atoms with Gasteiger partial charge in [-0.3, -0.25) is 0 Å². The highest BCUT2D eigenvalue weighted by atomic mass is 35.5. The number of carbonyl (C=O) groups is 1. The van der Waals surface area contributed by atoms with Crippen molar-refractivity contribution in [2.75, 3.05) is 20.1 Å². The van der Waals surface area contributed by atoms with Gasteiger partial charge in [0.2, 0.25) is 15.9 Å². The molecule has 0 aliphatic carbocycles. The van der Waals surface area contributed by atoms with Crippen LogP contribution in [0.15, 0.2) is 29.3 Å². The van der Waals surface area contributed by atoms with E-state index < -0.39 is 21.7 Å². The van der Waals surface area contributed by atoms with Gasteiger partial charge in [-0.25, -0.2) is 18.2 Å². The van der Waals surface area contributed by atoms with Crippen molar-refractivity contribution in [3.05, 3.63) is 29.4 Å². The van der Waals surface area contributed by atoms with E-state index in [0.717, 1.165) is 0 Å². The molecule has 3 rings (SSSR count). The Hall–Kier alpha value is -2.10. The van der Waals surface area contributed by atoms with Crippen LogP contribution in [0.1, 0.15) is 41.0 Å². The number of nitrogens with zero attached hydrogens (tertiary/aromatic N) is 3. The molecule has 1 amide bonds. The molecular formula is C22H30ClN3O5S. The van der Waals surface area contributed by atoms with Crippen molar-refractivity contribution in [2.45, 2.75) is 63.7 Å². The van der Waals surface area contributed by atoms with E-state index >= 15 is 0 Å². The minimum absolute atomic E-state index is 0.0941. The maximum absolute atomic E-state index is 13.6. The molecular weight excluding hydrogens is 454 g/mol. The van der Waals surface area contributed by atoms with Crippen LogP contribution in [0.4, 0.5) is 4.79 Å². The van der Waals surface area contributed by atoms with Gasteiger partial charge in [-0.2, -0.15) is 4.31 Å². The molecule has 1 aliphatic heterocycles. The van der Waals surface area contributed by atoms with E-state index in [1.54, 1.807) is 40.0 Å². The second-order valence-corrected chi connectivity index (χ2v) is 11.5. The number of benzene rings is 1. The average Bonchev–Trinajstić information content (AvgIpc) is 3.18. The summed E-state index contributed by atoms with van der Waals surface area (Å²) in [5.41, 5.74) is -0.626. The van der Waals surface area contributed by atoms with Crippen molar-refractivity contribution in [3.63, 3.8) is 0 Å². The Balaban J connectivity index is 1.91. The molecule has 1 fully saturated rings. The van der Waals surface area contributed by atoms with E-state index in [9.17, 15) is 13.2 Å². The molecule has 176 valence electrons. The second kappa shape index (κ2) is 9.03. The molecule has 1 aliphatic rings. The minimum atomic E-state index is -3.87. The SMILES string of the molecule is CC(C)Oc1ncc(Cl)c2c(S(=O)(=O)N3CCC(N(C)C(=O)OC(C)(C)C)C3)cccc12. The minimum Gasteiger partial charge on any atom is -0.475 e. The summed E-state index contributed by atoms with van der Waals surface area (Å²) >= 11 is 6.40. The van der Waals surface area contributed by atoms with Crippen LogP contribution in [0.25, 0.3) is 10.8 Å². The predicted molar refractivity (Wildman–Crippen MR) is 124 cm³/mol. The Kier molecular flexibility index (Phi) is 6.93. The lowest BCUT2D eigenvalue weighted by molar-refractivity contribution is 0.0232. The van der Waals surface area contributed by atoms with E-state index in [2.05, 4.69) is 4.98 Å². The number of likely N-dealkylation sites (N-methyl/N-ethyl adjacent to an activating group) is 1. The van der Waals surface area contributed by atoms with Gasteiger partial charge in [0, 0.05) is 37.0 Å². The van der Waals surface area contributed by atoms with E-state index in [0.29, 0.717) is 23.1 Å². The third-order valence-corrected chi connectivity index (χ3v) is 7.31. The first-order valence-corrected chi connectivity index (χ1v) is 12.3. The molecule has 2 aromatic rings. The predicted octanol–water partition coefficient (Wildman–Crippen LogP) is 4.31. The molecule has 2 heterocycles. The Morgan fingerprint density at radius 1 is 1.31 bits per heavy atom. The van der Waals surface area contributed by atoms with Gasteiger partial charge in [-0.15, -0.1) is 0 Å². The van der Waals surface area contributed by atoms with E-state index in [1.165, 1.54) is 21.5 Å². The third kappa shape index (κ3) is 5.10. The molecule has 0 saturated carbocycles. The highest BCUT2D eigenvalue weighted by Gasteiger charge is 2.37. The summed E-state index contributed by atoms with van der Waals surface area (Å²) in [6.07, 6.45) is 1.31. The van der Waals surface area contributed by atoms with Gasteiger partial charge in [-0.05, 0) is 53.2 Å². The lowest BCUT2D eigenvalue weighted by Crippen LogP contribution is -2.42. The second-order valence-electron chi connectivity index (χ2n) is 9.15. The van der Waals surface area contributed by atoms with Gasteiger partial charge in [0.05, 0.1) is 22.2 Å². The van der Waals surface area contributed by atoms with E-state index in [1.807, 2.05) is 13.8 Å². The number of hydrogen-bond acceptors (Lipinski definition) is 6. The smallest absolute Gasteiger partial charge is 0.410 e. The molecule has 1 saturated heterocycles. The molecule has 1 atom stereocenters. The zero-order valence-electron chi connectivity index (χ0n) is 19.3. The number of rotatable bonds is 5. The summed E-state index contributed by atoms with van der Waals surface area (Å²) in [6, 6.07) is 4.65. The van der Waals surface area contributed by atoms with Gasteiger partial charge in [0.1, 0.15) is 5.60 Å². The molecule has 1 aromatic heterocycles. The van der Waals surface area contributed by atoms with Crippen molar-refractivity contribution in [1.29, 1.82) is 0 Å². The molecule has 1 aromatic carbocycles. The first kappa shape index (κ1) is 24.5. The van der Waals surface area contributed by atoms with Crippen LogP contribution in [0.2, 0.25) is 5.02 Å². The number of aromatic nitrogens is 1. The normalized spacial score (nSPS) is 17.7. The number of hydrogen-bond donors (Lipinski definition) is 0. The van der Waals surface area contributed by atoms with Crippen LogP contribution in [-0.2, 0) is 14.8 Å². The molecule has 8 nitrogen and oxygen atoms in total. The van der Waals surface area contributed by atoms with Gasteiger partial charge >= 0.3 is 6.09 Å². The molecule has 0 radical (unpaired) electrons. The number of halogens is 1. The molecule has 0 bridgehead atoms. The standard InChI is InChI=1S/C22H30ClN3O5S/c1-14(2)30-20-16-8-7-9-18(19(16)17(23)12-24-20)32(28,29)26-11-10-15(13-26)25(6)21(27)31-22(3,4)5/h7-9,12,14-15H,10-11,13H2,1-6H3. The fraction of sp³-hybridized carbons (Fsp3) is 0.545. The summed E-state index contributed by atoms with van der Waals surface area (Å²) in [7, 11) is -2.24. The van der Waals surface area contributed by atoms with Crippen molar-refractivity contribution < 1.29 is 22.7 Å². The Morgan fingerprint density at radius 2 is 2.00 bits per heavy atom. The van der Waals surface area contributed by atoms with Crippen LogP contribution >= 0.6 is 11.6 Å². The number of pyridine rings is 1. The number of amides is 1. The van der Waals surface area contributed by atoms with Crippen molar-refractivity contribution in [1.82, 2.24) is 14.2 Å². The van der Waals surface area contributed by atoms with Gasteiger partial charge in [0.25, 0.3) is 0 Å². The highest BCUT2D eigenvalue weighted by molar-refractivity contribution is 7.89. The van der Waals surface area contributed by atoms with Gasteiger partial charge in [0.15, 0.2) is 0 Å². The summed E-state index contributed by atoms with van der Waals surface area (Å²) in [5, 5.41) is 1.15. The third-order valence-electron chi connectivity index (χ3n) is 5.11. The first-order valence-electron chi connectivity index (χ1n) is 10.5. The fourth-order valence-corrected chi connectivity index (χ4v) is 5.63. The molecule has 32 heavy (non-hydrogen) atoms. The van der Waals surface area contributed by atoms with Crippen LogP contribution < -0.4 is 4.74 Å². The monoisotopic (exact) mass is 483 g/mol. The summed E-state index contributed by atoms with van der Waals surface area (Å²) < 4.78 is 39.7. The number of sulfonamides is 1. The quantitative estimate of drug-likeness (QED) is 0.629.